The van der Waals surface area contributed by atoms with Gasteiger partial charge in [0.25, 0.3) is 0 Å². The molecule has 1 rings (SSSR count). The van der Waals surface area contributed by atoms with E-state index in [1.54, 1.807) is 0 Å². The lowest BCUT2D eigenvalue weighted by molar-refractivity contribution is 0.0693. The summed E-state index contributed by atoms with van der Waals surface area (Å²) in [6, 6.07) is 5.94. The highest BCUT2D eigenvalue weighted by Crippen LogP contribution is 2.31. The van der Waals surface area contributed by atoms with Crippen LogP contribution in [0.3, 0.4) is 0 Å². The van der Waals surface area contributed by atoms with Crippen LogP contribution in [-0.2, 0) is 0 Å². The van der Waals surface area contributed by atoms with E-state index in [0.29, 0.717) is 17.5 Å². The zero-order chi connectivity index (χ0) is 13.9. The molecule has 0 amide bonds. The predicted molar refractivity (Wildman–Crippen MR) is 77.9 cm³/mol. The van der Waals surface area contributed by atoms with Gasteiger partial charge < -0.3 is 10.0 Å². The van der Waals surface area contributed by atoms with E-state index in [2.05, 4.69) is 20.8 Å². The van der Waals surface area contributed by atoms with Crippen LogP contribution in [0.15, 0.2) is 23.1 Å². The van der Waals surface area contributed by atoms with Gasteiger partial charge in [-0.25, -0.2) is 4.79 Å². The molecule has 0 radical (unpaired) electrons. The van der Waals surface area contributed by atoms with E-state index in [1.165, 1.54) is 11.8 Å². The van der Waals surface area contributed by atoms with E-state index in [-0.39, 0.29) is 0 Å². The fraction of sp³-hybridized carbons (Fsp3) is 0.500. The molecular weight excluding hydrogens is 246 g/mol. The van der Waals surface area contributed by atoms with Crippen molar-refractivity contribution in [2.45, 2.75) is 31.7 Å². The van der Waals surface area contributed by atoms with Gasteiger partial charge in [-0.15, -0.1) is 11.8 Å². The Labute approximate surface area is 113 Å². The Bertz CT molecular complexity index is 432. The molecule has 1 aromatic carbocycles. The Hall–Kier alpha value is -1.16. The minimum Gasteiger partial charge on any atom is -0.478 e. The molecule has 0 aliphatic carbocycles. The zero-order valence-electron chi connectivity index (χ0n) is 11.6. The SMILES string of the molecule is CSc1cccc(N(C)C(C)C(C)C)c1C(=O)O. The van der Waals surface area contributed by atoms with E-state index in [0.717, 1.165) is 10.6 Å². The summed E-state index contributed by atoms with van der Waals surface area (Å²) in [5.74, 6) is -0.396. The summed E-state index contributed by atoms with van der Waals surface area (Å²) in [5, 5.41) is 9.41. The summed E-state index contributed by atoms with van der Waals surface area (Å²) in [4.78, 5) is 14.3. The summed E-state index contributed by atoms with van der Waals surface area (Å²) in [7, 11) is 1.95. The molecule has 0 aliphatic heterocycles. The fourth-order valence-electron chi connectivity index (χ4n) is 1.87. The molecule has 0 spiro atoms. The van der Waals surface area contributed by atoms with Crippen molar-refractivity contribution < 1.29 is 9.90 Å². The van der Waals surface area contributed by atoms with Gasteiger partial charge in [-0.3, -0.25) is 0 Å². The molecular formula is C14H21NO2S. The van der Waals surface area contributed by atoms with Gasteiger partial charge in [0, 0.05) is 18.0 Å². The van der Waals surface area contributed by atoms with E-state index in [4.69, 9.17) is 0 Å². The second kappa shape index (κ2) is 6.14. The average Bonchev–Trinajstić information content (AvgIpc) is 2.35. The van der Waals surface area contributed by atoms with Gasteiger partial charge in [0.1, 0.15) is 0 Å². The molecule has 0 saturated heterocycles. The first-order valence-electron chi connectivity index (χ1n) is 6.03. The van der Waals surface area contributed by atoms with Crippen molar-refractivity contribution in [3.8, 4) is 0 Å². The minimum absolute atomic E-state index is 0.292. The Balaban J connectivity index is 3.27. The van der Waals surface area contributed by atoms with Crippen molar-refractivity contribution in [1.29, 1.82) is 0 Å². The summed E-state index contributed by atoms with van der Waals surface area (Å²) in [5.41, 5.74) is 1.19. The van der Waals surface area contributed by atoms with Gasteiger partial charge in [-0.2, -0.15) is 0 Å². The van der Waals surface area contributed by atoms with Gasteiger partial charge in [0.15, 0.2) is 0 Å². The predicted octanol–water partition coefficient (Wildman–Crippen LogP) is 3.59. The highest BCUT2D eigenvalue weighted by Gasteiger charge is 2.21. The third kappa shape index (κ3) is 2.99. The van der Waals surface area contributed by atoms with Crippen LogP contribution in [0, 0.1) is 5.92 Å². The molecule has 0 fully saturated rings. The maximum absolute atomic E-state index is 11.5. The lowest BCUT2D eigenvalue weighted by atomic mass is 10.0. The third-order valence-electron chi connectivity index (χ3n) is 3.39. The first-order valence-corrected chi connectivity index (χ1v) is 7.25. The van der Waals surface area contributed by atoms with Gasteiger partial charge in [0.05, 0.1) is 11.3 Å². The van der Waals surface area contributed by atoms with Crippen LogP contribution in [-0.4, -0.2) is 30.4 Å². The topological polar surface area (TPSA) is 40.5 Å². The number of nitrogens with zero attached hydrogens (tertiary/aromatic N) is 1. The maximum Gasteiger partial charge on any atom is 0.338 e. The molecule has 0 aliphatic rings. The standard InChI is InChI=1S/C14H21NO2S/c1-9(2)10(3)15(4)11-7-6-8-12(18-5)13(11)14(16)17/h6-10H,1-5H3,(H,16,17). The van der Waals surface area contributed by atoms with Crippen molar-refractivity contribution in [3.63, 3.8) is 0 Å². The van der Waals surface area contributed by atoms with Crippen molar-refractivity contribution in [3.05, 3.63) is 23.8 Å². The Morgan fingerprint density at radius 1 is 1.33 bits per heavy atom. The monoisotopic (exact) mass is 267 g/mol. The van der Waals surface area contributed by atoms with Crippen LogP contribution in [0.1, 0.15) is 31.1 Å². The quantitative estimate of drug-likeness (QED) is 0.828. The number of benzene rings is 1. The van der Waals surface area contributed by atoms with Crippen molar-refractivity contribution in [2.75, 3.05) is 18.2 Å². The number of thioether (sulfide) groups is 1. The van der Waals surface area contributed by atoms with Crippen LogP contribution in [0.4, 0.5) is 5.69 Å². The van der Waals surface area contributed by atoms with Crippen LogP contribution >= 0.6 is 11.8 Å². The van der Waals surface area contributed by atoms with Crippen molar-refractivity contribution in [2.24, 2.45) is 5.92 Å². The number of hydrogen-bond acceptors (Lipinski definition) is 3. The Kier molecular flexibility index (Phi) is 5.08. The molecule has 1 N–H and O–H groups in total. The smallest absolute Gasteiger partial charge is 0.338 e. The summed E-state index contributed by atoms with van der Waals surface area (Å²) in [6.07, 6.45) is 1.90. The molecule has 18 heavy (non-hydrogen) atoms. The first kappa shape index (κ1) is 14.9. The minimum atomic E-state index is -0.863. The number of hydrogen-bond donors (Lipinski definition) is 1. The van der Waals surface area contributed by atoms with Crippen molar-refractivity contribution >= 4 is 23.4 Å². The van der Waals surface area contributed by atoms with Gasteiger partial charge in [0.2, 0.25) is 0 Å². The average molecular weight is 267 g/mol. The lowest BCUT2D eigenvalue weighted by Crippen LogP contribution is -2.34. The molecule has 1 aromatic rings. The third-order valence-corrected chi connectivity index (χ3v) is 4.17. The largest absolute Gasteiger partial charge is 0.478 e. The molecule has 1 atom stereocenters. The van der Waals surface area contributed by atoms with Crippen LogP contribution < -0.4 is 4.90 Å². The van der Waals surface area contributed by atoms with E-state index in [1.807, 2.05) is 36.4 Å². The zero-order valence-corrected chi connectivity index (χ0v) is 12.4. The van der Waals surface area contributed by atoms with Gasteiger partial charge in [-0.05, 0) is 31.2 Å². The molecule has 100 valence electrons. The number of carboxylic acid groups (broad SMARTS) is 1. The number of rotatable bonds is 5. The molecule has 4 heteroatoms. The molecule has 0 heterocycles. The normalized spacial score (nSPS) is 12.6. The van der Waals surface area contributed by atoms with Gasteiger partial charge >= 0.3 is 5.97 Å². The lowest BCUT2D eigenvalue weighted by Gasteiger charge is -2.31. The van der Waals surface area contributed by atoms with Crippen LogP contribution in [0.25, 0.3) is 0 Å². The number of carbonyl (C=O) groups is 1. The van der Waals surface area contributed by atoms with Gasteiger partial charge in [-0.1, -0.05) is 19.9 Å². The molecule has 3 nitrogen and oxygen atoms in total. The maximum atomic E-state index is 11.5. The number of aromatic carboxylic acids is 1. The number of anilines is 1. The number of carboxylic acids is 1. The van der Waals surface area contributed by atoms with E-state index < -0.39 is 5.97 Å². The molecule has 0 aromatic heterocycles. The van der Waals surface area contributed by atoms with Crippen molar-refractivity contribution in [1.82, 2.24) is 0 Å². The highest BCUT2D eigenvalue weighted by molar-refractivity contribution is 7.98. The summed E-state index contributed by atoms with van der Waals surface area (Å²) in [6.45, 7) is 6.39. The van der Waals surface area contributed by atoms with E-state index >= 15 is 0 Å². The molecule has 1 unspecified atom stereocenters. The summed E-state index contributed by atoms with van der Waals surface area (Å²) < 4.78 is 0. The Morgan fingerprint density at radius 2 is 1.94 bits per heavy atom. The van der Waals surface area contributed by atoms with Crippen LogP contribution in [0.5, 0.6) is 0 Å². The first-order chi connectivity index (χ1) is 8.40. The second-order valence-electron chi connectivity index (χ2n) is 4.76. The summed E-state index contributed by atoms with van der Waals surface area (Å²) >= 11 is 1.47. The van der Waals surface area contributed by atoms with Crippen LogP contribution in [0.2, 0.25) is 0 Å². The second-order valence-corrected chi connectivity index (χ2v) is 5.60. The fourth-order valence-corrected chi connectivity index (χ4v) is 2.48. The Morgan fingerprint density at radius 3 is 2.39 bits per heavy atom. The van der Waals surface area contributed by atoms with E-state index in [9.17, 15) is 9.90 Å². The highest BCUT2D eigenvalue weighted by atomic mass is 32.2. The molecule has 0 saturated carbocycles. The molecule has 0 bridgehead atoms.